The third-order valence-electron chi connectivity index (χ3n) is 6.41. The highest BCUT2D eigenvalue weighted by Crippen LogP contribution is 2.39. The number of nitrogens with two attached hydrogens (primary N) is 1. The van der Waals surface area contributed by atoms with Gasteiger partial charge in [0.15, 0.2) is 8.32 Å². The van der Waals surface area contributed by atoms with E-state index in [1.54, 1.807) is 0 Å². The number of hydrogen-bond acceptors (Lipinski definition) is 6. The highest BCUT2D eigenvalue weighted by Gasteiger charge is 2.46. The Bertz CT molecular complexity index is 784. The molecule has 0 aromatic carbocycles. The summed E-state index contributed by atoms with van der Waals surface area (Å²) in [4.78, 5) is 15.6. The molecule has 8 nitrogen and oxygen atoms in total. The lowest BCUT2D eigenvalue weighted by Gasteiger charge is -2.38. The fraction of sp³-hybridized carbons (Fsp3) is 0.773. The van der Waals surface area contributed by atoms with Gasteiger partial charge in [-0.15, -0.1) is 0 Å². The summed E-state index contributed by atoms with van der Waals surface area (Å²) in [7, 11) is -2.00. The molecule has 9 heteroatoms. The molecule has 1 unspecified atom stereocenters. The molecule has 1 fully saturated rings. The van der Waals surface area contributed by atoms with Gasteiger partial charge >= 0.3 is 0 Å². The summed E-state index contributed by atoms with van der Waals surface area (Å²) in [5.74, 6) is 0.599. The molecule has 3 N–H and O–H groups in total. The van der Waals surface area contributed by atoms with Crippen LogP contribution in [0.25, 0.3) is 0 Å². The lowest BCUT2D eigenvalue weighted by atomic mass is 9.91. The first-order valence-corrected chi connectivity index (χ1v) is 14.2. The van der Waals surface area contributed by atoms with Gasteiger partial charge in [0.25, 0.3) is 0 Å². The van der Waals surface area contributed by atoms with Gasteiger partial charge < -0.3 is 25.0 Å². The smallest absolute Gasteiger partial charge is 0.234 e. The summed E-state index contributed by atoms with van der Waals surface area (Å²) in [5.41, 5.74) is 10.0. The van der Waals surface area contributed by atoms with E-state index in [0.717, 1.165) is 5.69 Å². The van der Waals surface area contributed by atoms with Gasteiger partial charge in [0.05, 0.1) is 17.8 Å². The lowest BCUT2D eigenvalue weighted by molar-refractivity contribution is -0.134. The SMILES string of the molecule is CCNN=C(N)[C@@H]1CC(O[Si](C)(C)C(C)(C)C)CN1C(=O)[C@@H](c1cc(C)no1)C(C)C. The number of carbonyl (C=O) groups excluding carboxylic acids is 1. The molecule has 0 spiro atoms. The molecule has 1 aliphatic heterocycles. The molecule has 2 rings (SSSR count). The maximum atomic E-state index is 13.8. The predicted octanol–water partition coefficient (Wildman–Crippen LogP) is 3.60. The van der Waals surface area contributed by atoms with Crippen molar-refractivity contribution in [3.05, 3.63) is 17.5 Å². The van der Waals surface area contributed by atoms with Crippen molar-refractivity contribution in [1.29, 1.82) is 0 Å². The molecule has 1 aliphatic rings. The van der Waals surface area contributed by atoms with Crippen molar-refractivity contribution in [3.63, 3.8) is 0 Å². The summed E-state index contributed by atoms with van der Waals surface area (Å²) in [6.07, 6.45) is 0.564. The number of nitrogens with one attached hydrogen (secondary N) is 1. The minimum absolute atomic E-state index is 0.0212. The van der Waals surface area contributed by atoms with Crippen LogP contribution in [0.4, 0.5) is 0 Å². The maximum Gasteiger partial charge on any atom is 0.234 e. The second-order valence-electron chi connectivity index (χ2n) is 10.4. The first kappa shape index (κ1) is 25.4. The van der Waals surface area contributed by atoms with Gasteiger partial charge in [-0.1, -0.05) is 39.8 Å². The quantitative estimate of drug-likeness (QED) is 0.271. The van der Waals surface area contributed by atoms with Crippen LogP contribution in [0, 0.1) is 12.8 Å². The second-order valence-corrected chi connectivity index (χ2v) is 15.1. The number of nitrogens with zero attached hydrogens (tertiary/aromatic N) is 3. The number of hydrogen-bond donors (Lipinski definition) is 2. The fourth-order valence-electron chi connectivity index (χ4n) is 3.69. The van der Waals surface area contributed by atoms with Gasteiger partial charge in [-0.3, -0.25) is 4.79 Å². The van der Waals surface area contributed by atoms with E-state index < -0.39 is 14.2 Å². The van der Waals surface area contributed by atoms with E-state index in [1.165, 1.54) is 0 Å². The Kier molecular flexibility index (Phi) is 7.97. The highest BCUT2D eigenvalue weighted by molar-refractivity contribution is 6.74. The molecule has 3 atom stereocenters. The van der Waals surface area contributed by atoms with Crippen molar-refractivity contribution < 1.29 is 13.7 Å². The maximum absolute atomic E-state index is 13.8. The lowest BCUT2D eigenvalue weighted by Crippen LogP contribution is -2.47. The third-order valence-corrected chi connectivity index (χ3v) is 10.9. The number of carbonyl (C=O) groups is 1. The van der Waals surface area contributed by atoms with E-state index in [1.807, 2.05) is 38.7 Å². The Labute approximate surface area is 188 Å². The Morgan fingerprint density at radius 2 is 2.10 bits per heavy atom. The summed E-state index contributed by atoms with van der Waals surface area (Å²) in [6.45, 7) is 20.1. The van der Waals surface area contributed by atoms with E-state index in [0.29, 0.717) is 31.1 Å². The van der Waals surface area contributed by atoms with E-state index in [4.69, 9.17) is 14.7 Å². The van der Waals surface area contributed by atoms with Crippen molar-refractivity contribution >= 4 is 20.1 Å². The molecule has 1 aromatic rings. The zero-order chi connectivity index (χ0) is 23.6. The number of likely N-dealkylation sites (tertiary alicyclic amines) is 1. The number of aryl methyl sites for hydroxylation is 1. The number of amides is 1. The van der Waals surface area contributed by atoms with Crippen molar-refractivity contribution in [2.45, 2.75) is 91.1 Å². The number of hydrazone groups is 1. The first-order valence-electron chi connectivity index (χ1n) is 11.3. The van der Waals surface area contributed by atoms with Crippen LogP contribution in [-0.4, -0.2) is 55.4 Å². The first-order chi connectivity index (χ1) is 14.3. The minimum atomic E-state index is -2.00. The largest absolute Gasteiger partial charge is 0.412 e. The van der Waals surface area contributed by atoms with Gasteiger partial charge in [-0.25, -0.2) is 0 Å². The normalized spacial score (nSPS) is 21.6. The van der Waals surface area contributed by atoms with Gasteiger partial charge in [-0.2, -0.15) is 5.10 Å². The zero-order valence-corrected chi connectivity index (χ0v) is 21.7. The van der Waals surface area contributed by atoms with Gasteiger partial charge in [0.2, 0.25) is 5.91 Å². The summed E-state index contributed by atoms with van der Waals surface area (Å²) in [5, 5.41) is 8.36. The number of aromatic nitrogens is 1. The second kappa shape index (κ2) is 9.73. The molecule has 1 amide bonds. The third kappa shape index (κ3) is 5.88. The predicted molar refractivity (Wildman–Crippen MR) is 126 cm³/mol. The summed E-state index contributed by atoms with van der Waals surface area (Å²) < 4.78 is 12.1. The molecule has 1 saturated heterocycles. The zero-order valence-electron chi connectivity index (χ0n) is 20.7. The van der Waals surface area contributed by atoms with Crippen LogP contribution in [0.3, 0.4) is 0 Å². The highest BCUT2D eigenvalue weighted by atomic mass is 28.4. The van der Waals surface area contributed by atoms with Crippen LogP contribution in [0.5, 0.6) is 0 Å². The number of rotatable bonds is 8. The van der Waals surface area contributed by atoms with Crippen molar-refractivity contribution in [2.24, 2.45) is 16.8 Å². The van der Waals surface area contributed by atoms with Crippen LogP contribution in [-0.2, 0) is 9.22 Å². The summed E-state index contributed by atoms with van der Waals surface area (Å²) >= 11 is 0. The topological polar surface area (TPSA) is 106 Å². The van der Waals surface area contributed by atoms with Crippen LogP contribution in [0.1, 0.15) is 65.3 Å². The van der Waals surface area contributed by atoms with Crippen molar-refractivity contribution in [1.82, 2.24) is 15.5 Å². The molecule has 31 heavy (non-hydrogen) atoms. The van der Waals surface area contributed by atoms with Gasteiger partial charge in [0.1, 0.15) is 17.5 Å². The van der Waals surface area contributed by atoms with E-state index in [2.05, 4.69) is 49.5 Å². The van der Waals surface area contributed by atoms with Gasteiger partial charge in [-0.05, 0) is 37.9 Å². The van der Waals surface area contributed by atoms with Crippen LogP contribution >= 0.6 is 0 Å². The van der Waals surface area contributed by atoms with Crippen LogP contribution in [0.15, 0.2) is 15.7 Å². The standard InChI is InChI=1S/C22H41N5O3Si/c1-10-24-25-20(23)17-12-16(30-31(8,9)22(5,6)7)13-27(17)21(28)19(14(2)3)18-11-15(4)26-29-18/h11,14,16-17,19,24H,10,12-13H2,1-9H3,(H2,23,25)/t16?,17-,19+/m0/s1. The molecule has 1 aromatic heterocycles. The molecular formula is C22H41N5O3Si. The monoisotopic (exact) mass is 451 g/mol. The Morgan fingerprint density at radius 1 is 1.45 bits per heavy atom. The molecule has 0 radical (unpaired) electrons. The Hall–Kier alpha value is -1.87. The Balaban J connectivity index is 2.34. The molecule has 0 bridgehead atoms. The average molecular weight is 452 g/mol. The average Bonchev–Trinajstić information content (AvgIpc) is 3.24. The van der Waals surface area contributed by atoms with Gasteiger partial charge in [0, 0.05) is 25.6 Å². The Morgan fingerprint density at radius 3 is 2.58 bits per heavy atom. The van der Waals surface area contributed by atoms with E-state index in [9.17, 15) is 4.79 Å². The van der Waals surface area contributed by atoms with Crippen molar-refractivity contribution in [2.75, 3.05) is 13.1 Å². The van der Waals surface area contributed by atoms with E-state index >= 15 is 0 Å². The fourth-order valence-corrected chi connectivity index (χ4v) is 5.05. The van der Waals surface area contributed by atoms with Crippen molar-refractivity contribution in [3.8, 4) is 0 Å². The minimum Gasteiger partial charge on any atom is -0.412 e. The molecule has 2 heterocycles. The van der Waals surface area contributed by atoms with Crippen LogP contribution < -0.4 is 11.2 Å². The summed E-state index contributed by atoms with van der Waals surface area (Å²) in [6, 6.07) is 1.53. The molecule has 176 valence electrons. The number of amidine groups is 1. The molecule has 0 saturated carbocycles. The van der Waals surface area contributed by atoms with E-state index in [-0.39, 0.29) is 29.0 Å². The molecular weight excluding hydrogens is 410 g/mol. The van der Waals surface area contributed by atoms with Crippen LogP contribution in [0.2, 0.25) is 18.1 Å². The molecule has 0 aliphatic carbocycles.